The highest BCUT2D eigenvalue weighted by Gasteiger charge is 2.32. The summed E-state index contributed by atoms with van der Waals surface area (Å²) in [5.41, 5.74) is 2.68. The van der Waals surface area contributed by atoms with Gasteiger partial charge in [0.1, 0.15) is 11.8 Å². The molecule has 0 aliphatic rings. The number of hydrogen-bond acceptors (Lipinski definition) is 3. The fraction of sp³-hybridized carbons (Fsp3) is 0.355. The minimum absolute atomic E-state index is 0.161. The van der Waals surface area contributed by atoms with Crippen molar-refractivity contribution in [2.45, 2.75) is 65.1 Å². The number of rotatable bonds is 10. The zero-order valence-corrected chi connectivity index (χ0v) is 23.9. The lowest BCUT2D eigenvalue weighted by atomic mass is 10.0. The number of nitrogens with one attached hydrogen (secondary N) is 1. The van der Waals surface area contributed by atoms with E-state index in [9.17, 15) is 9.59 Å². The van der Waals surface area contributed by atoms with E-state index in [0.717, 1.165) is 15.6 Å². The number of hydrogen-bond donors (Lipinski definition) is 1. The second kappa shape index (κ2) is 12.9. The summed E-state index contributed by atoms with van der Waals surface area (Å²) in [6.45, 7) is 10.2. The minimum atomic E-state index is -0.704. The molecule has 0 spiro atoms. The highest BCUT2D eigenvalue weighted by molar-refractivity contribution is 9.10. The van der Waals surface area contributed by atoms with E-state index in [1.165, 1.54) is 5.56 Å². The number of ether oxygens (including phenoxy) is 1. The van der Waals surface area contributed by atoms with Crippen LogP contribution in [0, 0.1) is 0 Å². The maximum Gasteiger partial charge on any atom is 0.261 e. The van der Waals surface area contributed by atoms with Crippen LogP contribution in [-0.4, -0.2) is 34.9 Å². The van der Waals surface area contributed by atoms with Crippen LogP contribution in [-0.2, 0) is 22.6 Å². The van der Waals surface area contributed by atoms with Crippen LogP contribution in [0.2, 0.25) is 0 Å². The van der Waals surface area contributed by atoms with Crippen molar-refractivity contribution in [1.82, 2.24) is 10.2 Å². The van der Waals surface area contributed by atoms with Crippen LogP contribution in [0.5, 0.6) is 5.75 Å². The Kier molecular flexibility index (Phi) is 9.93. The number of amides is 2. The first-order chi connectivity index (χ1) is 17.5. The molecule has 2 amide bonds. The van der Waals surface area contributed by atoms with Gasteiger partial charge >= 0.3 is 0 Å². The van der Waals surface area contributed by atoms with Gasteiger partial charge in [-0.1, -0.05) is 84.4 Å². The summed E-state index contributed by atoms with van der Waals surface area (Å²) in [6.07, 6.45) is 0.397. The Labute approximate surface area is 229 Å². The first kappa shape index (κ1) is 28.5. The van der Waals surface area contributed by atoms with Crippen LogP contribution in [0.1, 0.15) is 57.2 Å². The molecule has 3 aromatic carbocycles. The van der Waals surface area contributed by atoms with Gasteiger partial charge in [-0.25, -0.2) is 0 Å². The largest absolute Gasteiger partial charge is 0.484 e. The minimum Gasteiger partial charge on any atom is -0.484 e. The molecule has 0 bridgehead atoms. The normalized spacial score (nSPS) is 12.2. The van der Waals surface area contributed by atoms with Crippen molar-refractivity contribution in [3.63, 3.8) is 0 Å². The summed E-state index contributed by atoms with van der Waals surface area (Å²) in [4.78, 5) is 28.9. The number of nitrogens with zero attached hydrogens (tertiary/aromatic N) is 1. The lowest BCUT2D eigenvalue weighted by Gasteiger charge is -2.33. The van der Waals surface area contributed by atoms with Crippen LogP contribution in [0.25, 0.3) is 0 Å². The van der Waals surface area contributed by atoms with Crippen LogP contribution in [0.4, 0.5) is 0 Å². The Bertz CT molecular complexity index is 1150. The molecular formula is C31H37BrN2O3. The Morgan fingerprint density at radius 3 is 2.08 bits per heavy atom. The number of benzene rings is 3. The number of carbonyl (C=O) groups is 2. The third-order valence-electron chi connectivity index (χ3n) is 5.94. The molecule has 0 aliphatic heterocycles. The van der Waals surface area contributed by atoms with Gasteiger partial charge in [-0.05, 0) is 67.6 Å². The maximum atomic E-state index is 13.7. The van der Waals surface area contributed by atoms with Gasteiger partial charge in [-0.2, -0.15) is 0 Å². The molecule has 0 unspecified atom stereocenters. The lowest BCUT2D eigenvalue weighted by Crippen LogP contribution is -2.55. The van der Waals surface area contributed by atoms with E-state index < -0.39 is 11.6 Å². The molecule has 0 aliphatic carbocycles. The predicted octanol–water partition coefficient (Wildman–Crippen LogP) is 6.51. The van der Waals surface area contributed by atoms with Gasteiger partial charge in [-0.15, -0.1) is 0 Å². The molecule has 37 heavy (non-hydrogen) atoms. The Hall–Kier alpha value is -3.12. The standard InChI is InChI=1S/C31H37BrN2O3/c1-22(2)25-13-17-27(18-14-25)37-21-29(35)34(20-24-11-15-26(32)16-12-24)28(30(36)33-31(3,4)5)19-23-9-7-6-8-10-23/h6-18,22,28H,19-21H2,1-5H3,(H,33,36)/t28-/m0/s1. The summed E-state index contributed by atoms with van der Waals surface area (Å²) in [5.74, 6) is 0.598. The molecule has 0 fully saturated rings. The molecule has 3 aromatic rings. The van der Waals surface area contributed by atoms with Crippen LogP contribution >= 0.6 is 15.9 Å². The molecule has 6 heteroatoms. The van der Waals surface area contributed by atoms with E-state index in [1.807, 2.05) is 99.6 Å². The van der Waals surface area contributed by atoms with E-state index >= 15 is 0 Å². The van der Waals surface area contributed by atoms with E-state index in [0.29, 0.717) is 18.1 Å². The van der Waals surface area contributed by atoms with E-state index in [4.69, 9.17) is 4.74 Å². The van der Waals surface area contributed by atoms with Crippen molar-refractivity contribution in [2.75, 3.05) is 6.61 Å². The summed E-state index contributed by atoms with van der Waals surface area (Å²) in [6, 6.07) is 24.7. The van der Waals surface area contributed by atoms with E-state index in [-0.39, 0.29) is 25.0 Å². The van der Waals surface area contributed by atoms with Gasteiger partial charge in [0, 0.05) is 23.0 Å². The smallest absolute Gasteiger partial charge is 0.261 e. The zero-order valence-electron chi connectivity index (χ0n) is 22.3. The fourth-order valence-corrected chi connectivity index (χ4v) is 4.23. The van der Waals surface area contributed by atoms with Gasteiger partial charge in [0.2, 0.25) is 5.91 Å². The third kappa shape index (κ3) is 9.04. The number of halogens is 1. The quantitative estimate of drug-likeness (QED) is 0.305. The van der Waals surface area contributed by atoms with Gasteiger partial charge in [-0.3, -0.25) is 9.59 Å². The lowest BCUT2D eigenvalue weighted by molar-refractivity contribution is -0.143. The topological polar surface area (TPSA) is 58.6 Å². The molecule has 196 valence electrons. The summed E-state index contributed by atoms with van der Waals surface area (Å²) >= 11 is 3.47. The molecule has 0 saturated carbocycles. The van der Waals surface area contributed by atoms with Gasteiger partial charge in [0.05, 0.1) is 0 Å². The first-order valence-corrected chi connectivity index (χ1v) is 13.4. The van der Waals surface area contributed by atoms with Gasteiger partial charge in [0.15, 0.2) is 6.61 Å². The molecule has 0 radical (unpaired) electrons. The summed E-state index contributed by atoms with van der Waals surface area (Å²) in [7, 11) is 0. The molecule has 1 N–H and O–H groups in total. The Morgan fingerprint density at radius 2 is 1.51 bits per heavy atom. The molecule has 3 rings (SSSR count). The molecule has 0 saturated heterocycles. The summed E-state index contributed by atoms with van der Waals surface area (Å²) in [5, 5.41) is 3.08. The third-order valence-corrected chi connectivity index (χ3v) is 6.47. The van der Waals surface area contributed by atoms with Crippen molar-refractivity contribution in [1.29, 1.82) is 0 Å². The highest BCUT2D eigenvalue weighted by atomic mass is 79.9. The van der Waals surface area contributed by atoms with Crippen molar-refractivity contribution < 1.29 is 14.3 Å². The van der Waals surface area contributed by atoms with Gasteiger partial charge < -0.3 is 15.0 Å². The van der Waals surface area contributed by atoms with Crippen molar-refractivity contribution in [3.8, 4) is 5.75 Å². The Balaban J connectivity index is 1.89. The highest BCUT2D eigenvalue weighted by Crippen LogP contribution is 2.21. The van der Waals surface area contributed by atoms with Crippen molar-refractivity contribution in [3.05, 3.63) is 100 Å². The van der Waals surface area contributed by atoms with Crippen LogP contribution in [0.3, 0.4) is 0 Å². The second-order valence-electron chi connectivity index (χ2n) is 10.6. The zero-order chi connectivity index (χ0) is 27.0. The van der Waals surface area contributed by atoms with E-state index in [2.05, 4.69) is 35.1 Å². The average Bonchev–Trinajstić information content (AvgIpc) is 2.85. The molecule has 0 heterocycles. The van der Waals surface area contributed by atoms with Crippen LogP contribution in [0.15, 0.2) is 83.3 Å². The van der Waals surface area contributed by atoms with E-state index in [1.54, 1.807) is 4.90 Å². The predicted molar refractivity (Wildman–Crippen MR) is 153 cm³/mol. The second-order valence-corrected chi connectivity index (χ2v) is 11.5. The van der Waals surface area contributed by atoms with Gasteiger partial charge in [0.25, 0.3) is 5.91 Å². The fourth-order valence-electron chi connectivity index (χ4n) is 3.97. The first-order valence-electron chi connectivity index (χ1n) is 12.6. The van der Waals surface area contributed by atoms with Crippen molar-refractivity contribution in [2.24, 2.45) is 0 Å². The average molecular weight is 566 g/mol. The number of carbonyl (C=O) groups excluding carboxylic acids is 2. The maximum absolute atomic E-state index is 13.7. The summed E-state index contributed by atoms with van der Waals surface area (Å²) < 4.78 is 6.84. The Morgan fingerprint density at radius 1 is 0.892 bits per heavy atom. The SMILES string of the molecule is CC(C)c1ccc(OCC(=O)N(Cc2ccc(Br)cc2)[C@@H](Cc2ccccc2)C(=O)NC(C)(C)C)cc1. The monoisotopic (exact) mass is 564 g/mol. The molecule has 1 atom stereocenters. The molecule has 5 nitrogen and oxygen atoms in total. The molecular weight excluding hydrogens is 528 g/mol. The van der Waals surface area contributed by atoms with Crippen LogP contribution < -0.4 is 10.1 Å². The molecule has 0 aromatic heterocycles. The van der Waals surface area contributed by atoms with Crippen molar-refractivity contribution >= 4 is 27.7 Å².